The van der Waals surface area contributed by atoms with Gasteiger partial charge in [0.2, 0.25) is 5.91 Å². The van der Waals surface area contributed by atoms with Crippen LogP contribution in [0.1, 0.15) is 29.8 Å². The number of rotatable bonds is 5. The van der Waals surface area contributed by atoms with E-state index in [0.717, 1.165) is 29.4 Å². The number of benzene rings is 2. The molecule has 0 spiro atoms. The summed E-state index contributed by atoms with van der Waals surface area (Å²) in [5.41, 5.74) is 0.511. The van der Waals surface area contributed by atoms with Gasteiger partial charge in [-0.15, -0.1) is 0 Å². The maximum Gasteiger partial charge on any atom is 0.273 e. The smallest absolute Gasteiger partial charge is 0.273 e. The normalized spacial score (nSPS) is 21.5. The number of ether oxygens (including phenoxy) is 1. The summed E-state index contributed by atoms with van der Waals surface area (Å²) in [7, 11) is 1.68. The molecule has 7 nitrogen and oxygen atoms in total. The highest BCUT2D eigenvalue weighted by molar-refractivity contribution is 6.05. The molecular formula is C27H30N4O3. The summed E-state index contributed by atoms with van der Waals surface area (Å²) in [4.78, 5) is 34.5. The molecule has 0 bridgehead atoms. The maximum atomic E-state index is 13.3. The molecular weight excluding hydrogens is 428 g/mol. The maximum absolute atomic E-state index is 13.3. The first-order valence-electron chi connectivity index (χ1n) is 12.0. The van der Waals surface area contributed by atoms with Crippen molar-refractivity contribution >= 4 is 22.6 Å². The molecule has 176 valence electrons. The van der Waals surface area contributed by atoms with E-state index in [4.69, 9.17) is 4.74 Å². The van der Waals surface area contributed by atoms with Gasteiger partial charge < -0.3 is 15.0 Å². The first-order valence-corrected chi connectivity index (χ1v) is 12.0. The number of piperidine rings is 1. The van der Waals surface area contributed by atoms with Gasteiger partial charge in [-0.05, 0) is 36.4 Å². The molecule has 2 amide bonds. The van der Waals surface area contributed by atoms with Crippen LogP contribution in [0.4, 0.5) is 0 Å². The summed E-state index contributed by atoms with van der Waals surface area (Å²) >= 11 is 0. The van der Waals surface area contributed by atoms with Crippen LogP contribution in [0.25, 0.3) is 10.8 Å². The SMILES string of the molecule is CNC(=O)[C@@H]1C[C@H](Oc2ccccc2)CN1C1CCN(C(=O)c2nccc3ccccc23)CC1. The van der Waals surface area contributed by atoms with Gasteiger partial charge in [0.1, 0.15) is 17.5 Å². The fourth-order valence-electron chi connectivity index (χ4n) is 5.27. The van der Waals surface area contributed by atoms with Crippen molar-refractivity contribution in [2.75, 3.05) is 26.7 Å². The number of pyridine rings is 1. The van der Waals surface area contributed by atoms with E-state index in [1.165, 1.54) is 0 Å². The van der Waals surface area contributed by atoms with Gasteiger partial charge in [-0.2, -0.15) is 0 Å². The Morgan fingerprint density at radius 2 is 1.74 bits per heavy atom. The number of nitrogens with zero attached hydrogens (tertiary/aromatic N) is 3. The van der Waals surface area contributed by atoms with Crippen LogP contribution in [0.2, 0.25) is 0 Å². The highest BCUT2D eigenvalue weighted by Crippen LogP contribution is 2.30. The summed E-state index contributed by atoms with van der Waals surface area (Å²) in [5, 5.41) is 4.72. The van der Waals surface area contributed by atoms with E-state index in [1.807, 2.05) is 65.6 Å². The zero-order chi connectivity index (χ0) is 23.5. The number of nitrogens with one attached hydrogen (secondary N) is 1. The zero-order valence-electron chi connectivity index (χ0n) is 19.4. The fourth-order valence-corrected chi connectivity index (χ4v) is 5.27. The Labute approximate surface area is 199 Å². The van der Waals surface area contributed by atoms with E-state index in [2.05, 4.69) is 15.2 Å². The lowest BCUT2D eigenvalue weighted by molar-refractivity contribution is -0.126. The van der Waals surface area contributed by atoms with Crippen molar-refractivity contribution < 1.29 is 14.3 Å². The minimum Gasteiger partial charge on any atom is -0.489 e. The van der Waals surface area contributed by atoms with Crippen molar-refractivity contribution in [3.63, 3.8) is 0 Å². The van der Waals surface area contributed by atoms with Gasteiger partial charge in [0.15, 0.2) is 0 Å². The van der Waals surface area contributed by atoms with Gasteiger partial charge in [-0.25, -0.2) is 0 Å². The van der Waals surface area contributed by atoms with Gasteiger partial charge in [0.05, 0.1) is 6.04 Å². The molecule has 1 aromatic heterocycles. The third-order valence-electron chi connectivity index (χ3n) is 6.99. The lowest BCUT2D eigenvalue weighted by Crippen LogP contribution is -2.51. The third kappa shape index (κ3) is 4.48. The molecule has 3 heterocycles. The van der Waals surface area contributed by atoms with Gasteiger partial charge in [0.25, 0.3) is 5.91 Å². The number of carbonyl (C=O) groups excluding carboxylic acids is 2. The number of amides is 2. The summed E-state index contributed by atoms with van der Waals surface area (Å²) in [5.74, 6) is 0.829. The summed E-state index contributed by atoms with van der Waals surface area (Å²) in [6, 6.07) is 19.6. The number of aromatic nitrogens is 1. The predicted molar refractivity (Wildman–Crippen MR) is 131 cm³/mol. The molecule has 34 heavy (non-hydrogen) atoms. The molecule has 0 aliphatic carbocycles. The van der Waals surface area contributed by atoms with Crippen LogP contribution in [0.15, 0.2) is 66.9 Å². The van der Waals surface area contributed by atoms with E-state index in [-0.39, 0.29) is 30.0 Å². The number of fused-ring (bicyclic) bond motifs is 1. The molecule has 3 aromatic rings. The Hall–Kier alpha value is -3.45. The second-order valence-electron chi connectivity index (χ2n) is 9.02. The van der Waals surface area contributed by atoms with Gasteiger partial charge >= 0.3 is 0 Å². The minimum atomic E-state index is -0.217. The Kier molecular flexibility index (Phi) is 6.45. The number of hydrogen-bond acceptors (Lipinski definition) is 5. The Morgan fingerprint density at radius 3 is 2.50 bits per heavy atom. The van der Waals surface area contributed by atoms with E-state index in [0.29, 0.717) is 31.7 Å². The average molecular weight is 459 g/mol. The van der Waals surface area contributed by atoms with Gasteiger partial charge in [0, 0.05) is 50.7 Å². The fraction of sp³-hybridized carbons (Fsp3) is 0.370. The third-order valence-corrected chi connectivity index (χ3v) is 6.99. The van der Waals surface area contributed by atoms with Crippen molar-refractivity contribution in [3.05, 3.63) is 72.6 Å². The number of hydrogen-bond donors (Lipinski definition) is 1. The van der Waals surface area contributed by atoms with E-state index < -0.39 is 0 Å². The molecule has 2 saturated heterocycles. The van der Waals surface area contributed by atoms with Gasteiger partial charge in [-0.3, -0.25) is 19.5 Å². The number of carbonyl (C=O) groups is 2. The van der Waals surface area contributed by atoms with Crippen molar-refractivity contribution in [3.8, 4) is 5.75 Å². The van der Waals surface area contributed by atoms with Crippen LogP contribution in [0.3, 0.4) is 0 Å². The second kappa shape index (κ2) is 9.81. The number of likely N-dealkylation sites (tertiary alicyclic amines) is 2. The number of likely N-dealkylation sites (N-methyl/N-ethyl adjacent to an activating group) is 1. The van der Waals surface area contributed by atoms with Crippen LogP contribution in [0.5, 0.6) is 5.75 Å². The highest BCUT2D eigenvalue weighted by Gasteiger charge is 2.42. The molecule has 0 unspecified atom stereocenters. The van der Waals surface area contributed by atoms with Crippen LogP contribution < -0.4 is 10.1 Å². The molecule has 7 heteroatoms. The average Bonchev–Trinajstić information content (AvgIpc) is 3.32. The van der Waals surface area contributed by atoms with Crippen LogP contribution in [0, 0.1) is 0 Å². The quantitative estimate of drug-likeness (QED) is 0.636. The lowest BCUT2D eigenvalue weighted by atomic mass is 10.0. The monoisotopic (exact) mass is 458 g/mol. The first-order chi connectivity index (χ1) is 16.6. The van der Waals surface area contributed by atoms with E-state index in [9.17, 15) is 9.59 Å². The summed E-state index contributed by atoms with van der Waals surface area (Å²) < 4.78 is 6.18. The Balaban J connectivity index is 1.26. The van der Waals surface area contributed by atoms with E-state index in [1.54, 1.807) is 13.2 Å². The second-order valence-corrected chi connectivity index (χ2v) is 9.02. The van der Waals surface area contributed by atoms with Crippen molar-refractivity contribution in [2.24, 2.45) is 0 Å². The molecule has 5 rings (SSSR count). The summed E-state index contributed by atoms with van der Waals surface area (Å²) in [6.45, 7) is 2.00. The van der Waals surface area contributed by atoms with Crippen molar-refractivity contribution in [1.82, 2.24) is 20.1 Å². The molecule has 1 N–H and O–H groups in total. The summed E-state index contributed by atoms with van der Waals surface area (Å²) in [6.07, 6.45) is 3.97. The molecule has 2 aliphatic heterocycles. The largest absolute Gasteiger partial charge is 0.489 e. The molecule has 2 aromatic carbocycles. The molecule has 2 fully saturated rings. The lowest BCUT2D eigenvalue weighted by Gasteiger charge is -2.38. The number of para-hydroxylation sites is 1. The van der Waals surface area contributed by atoms with E-state index >= 15 is 0 Å². The molecule has 2 aliphatic rings. The molecule has 0 saturated carbocycles. The first kappa shape index (κ1) is 22.3. The topological polar surface area (TPSA) is 74.8 Å². The predicted octanol–water partition coefficient (Wildman–Crippen LogP) is 3.11. The zero-order valence-corrected chi connectivity index (χ0v) is 19.4. The highest BCUT2D eigenvalue weighted by atomic mass is 16.5. The van der Waals surface area contributed by atoms with Crippen LogP contribution in [-0.2, 0) is 4.79 Å². The minimum absolute atomic E-state index is 0.0233. The van der Waals surface area contributed by atoms with Gasteiger partial charge in [-0.1, -0.05) is 42.5 Å². The van der Waals surface area contributed by atoms with Crippen LogP contribution >= 0.6 is 0 Å². The van der Waals surface area contributed by atoms with Crippen LogP contribution in [-0.4, -0.2) is 71.5 Å². The van der Waals surface area contributed by atoms with Crippen molar-refractivity contribution in [1.29, 1.82) is 0 Å². The van der Waals surface area contributed by atoms with Crippen molar-refractivity contribution in [2.45, 2.75) is 37.5 Å². The Bertz CT molecular complexity index is 1160. The molecule has 2 atom stereocenters. The standard InChI is InChI=1S/C27H30N4O3/c1-28-26(32)24-17-22(34-21-8-3-2-4-9-21)18-31(24)20-12-15-30(16-13-20)27(33)25-23-10-6-5-7-19(23)11-14-29-25/h2-11,14,20,22,24H,12-13,15-18H2,1H3,(H,28,32)/t22-,24-/m0/s1. The molecule has 0 radical (unpaired) electrons. The Morgan fingerprint density at radius 1 is 1.00 bits per heavy atom.